The molecule has 1 rings (SSSR count). The van der Waals surface area contributed by atoms with Gasteiger partial charge in [0.1, 0.15) is 5.60 Å². The van der Waals surface area contributed by atoms with Crippen LogP contribution in [0.1, 0.15) is 52.9 Å². The first-order chi connectivity index (χ1) is 7.82. The van der Waals surface area contributed by atoms with Crippen LogP contribution in [0, 0.1) is 5.41 Å². The summed E-state index contributed by atoms with van der Waals surface area (Å²) in [6, 6.07) is 0. The van der Waals surface area contributed by atoms with Crippen molar-refractivity contribution in [1.82, 2.24) is 0 Å². The van der Waals surface area contributed by atoms with E-state index in [4.69, 9.17) is 4.74 Å². The van der Waals surface area contributed by atoms with Crippen LogP contribution in [0.15, 0.2) is 0 Å². The molecule has 2 atom stereocenters. The standard InChI is InChI=1S/C13H23BrO3/c1-12(2,3)17-11(16)13(8-5-9-14)7-4-6-10(13)15/h10,15H,4-9H2,1-3H3/t10-,13+/m1/s1. The Bertz CT molecular complexity index is 272. The third-order valence-corrected chi connectivity index (χ3v) is 3.86. The molecule has 0 unspecified atom stereocenters. The summed E-state index contributed by atoms with van der Waals surface area (Å²) in [5.41, 5.74) is -1.15. The van der Waals surface area contributed by atoms with Crippen LogP contribution in [0.4, 0.5) is 0 Å². The fourth-order valence-electron chi connectivity index (χ4n) is 2.45. The summed E-state index contributed by atoms with van der Waals surface area (Å²) in [5, 5.41) is 11.0. The number of carbonyl (C=O) groups excluding carboxylic acids is 1. The summed E-state index contributed by atoms with van der Waals surface area (Å²) in [4.78, 5) is 12.3. The third kappa shape index (κ3) is 3.68. The molecule has 0 bridgehead atoms. The van der Waals surface area contributed by atoms with Crippen LogP contribution >= 0.6 is 15.9 Å². The van der Waals surface area contributed by atoms with E-state index in [0.717, 1.165) is 24.6 Å². The van der Waals surface area contributed by atoms with Crippen molar-refractivity contribution in [3.8, 4) is 0 Å². The highest BCUT2D eigenvalue weighted by Gasteiger charge is 2.49. The predicted molar refractivity (Wildman–Crippen MR) is 71.2 cm³/mol. The van der Waals surface area contributed by atoms with Crippen LogP contribution in [0.3, 0.4) is 0 Å². The van der Waals surface area contributed by atoms with Crippen molar-refractivity contribution >= 4 is 21.9 Å². The summed E-state index contributed by atoms with van der Waals surface area (Å²) in [6.07, 6.45) is 3.40. The molecule has 0 aromatic carbocycles. The van der Waals surface area contributed by atoms with Gasteiger partial charge in [-0.1, -0.05) is 15.9 Å². The molecule has 1 saturated carbocycles. The van der Waals surface area contributed by atoms with Crippen molar-refractivity contribution in [3.63, 3.8) is 0 Å². The van der Waals surface area contributed by atoms with E-state index in [0.29, 0.717) is 12.8 Å². The van der Waals surface area contributed by atoms with Crippen LogP contribution in [-0.4, -0.2) is 28.1 Å². The Morgan fingerprint density at radius 3 is 2.59 bits per heavy atom. The molecule has 17 heavy (non-hydrogen) atoms. The Morgan fingerprint density at radius 2 is 2.18 bits per heavy atom. The molecule has 0 radical (unpaired) electrons. The van der Waals surface area contributed by atoms with Gasteiger partial charge in [0.25, 0.3) is 0 Å². The second kappa shape index (κ2) is 5.70. The van der Waals surface area contributed by atoms with Gasteiger partial charge in [-0.2, -0.15) is 0 Å². The van der Waals surface area contributed by atoms with Gasteiger partial charge in [-0.05, 0) is 52.9 Å². The van der Waals surface area contributed by atoms with E-state index in [-0.39, 0.29) is 5.97 Å². The van der Waals surface area contributed by atoms with Crippen LogP contribution in [0.25, 0.3) is 0 Å². The van der Waals surface area contributed by atoms with Crippen molar-refractivity contribution in [2.24, 2.45) is 5.41 Å². The Balaban J connectivity index is 2.79. The minimum absolute atomic E-state index is 0.226. The molecule has 0 amide bonds. The molecule has 4 heteroatoms. The Kier molecular flexibility index (Phi) is 5.02. The van der Waals surface area contributed by atoms with E-state index in [1.54, 1.807) is 0 Å². The minimum atomic E-state index is -0.666. The number of hydrogen-bond donors (Lipinski definition) is 1. The number of rotatable bonds is 4. The minimum Gasteiger partial charge on any atom is -0.459 e. The lowest BCUT2D eigenvalue weighted by Crippen LogP contribution is -2.43. The quantitative estimate of drug-likeness (QED) is 0.641. The average Bonchev–Trinajstić information content (AvgIpc) is 2.55. The molecule has 1 fully saturated rings. The van der Waals surface area contributed by atoms with Crippen LogP contribution in [0.5, 0.6) is 0 Å². The van der Waals surface area contributed by atoms with E-state index in [9.17, 15) is 9.90 Å². The second-order valence-electron chi connectivity index (χ2n) is 5.86. The SMILES string of the molecule is CC(C)(C)OC(=O)[C@]1(CCCBr)CCC[C@H]1O. The lowest BCUT2D eigenvalue weighted by Gasteiger charge is -2.33. The zero-order chi connectivity index (χ0) is 13.1. The van der Waals surface area contributed by atoms with Gasteiger partial charge in [-0.3, -0.25) is 4.79 Å². The molecule has 100 valence electrons. The van der Waals surface area contributed by atoms with Crippen LogP contribution in [0.2, 0.25) is 0 Å². The van der Waals surface area contributed by atoms with Gasteiger partial charge in [-0.25, -0.2) is 0 Å². The van der Waals surface area contributed by atoms with E-state index in [1.165, 1.54) is 0 Å². The Morgan fingerprint density at radius 1 is 1.53 bits per heavy atom. The maximum Gasteiger partial charge on any atom is 0.315 e. The normalized spacial score (nSPS) is 29.4. The van der Waals surface area contributed by atoms with Gasteiger partial charge in [0, 0.05) is 5.33 Å². The van der Waals surface area contributed by atoms with E-state index >= 15 is 0 Å². The molecule has 1 N–H and O–H groups in total. The molecule has 0 heterocycles. The van der Waals surface area contributed by atoms with Crippen molar-refractivity contribution in [2.45, 2.75) is 64.6 Å². The molecule has 3 nitrogen and oxygen atoms in total. The average molecular weight is 307 g/mol. The summed E-state index contributed by atoms with van der Waals surface area (Å²) < 4.78 is 5.48. The second-order valence-corrected chi connectivity index (χ2v) is 6.65. The molecule has 1 aliphatic rings. The van der Waals surface area contributed by atoms with Crippen LogP contribution < -0.4 is 0 Å². The molecule has 0 aromatic rings. The fourth-order valence-corrected chi connectivity index (χ4v) is 2.73. The monoisotopic (exact) mass is 306 g/mol. The van der Waals surface area contributed by atoms with Crippen LogP contribution in [-0.2, 0) is 9.53 Å². The van der Waals surface area contributed by atoms with Gasteiger partial charge < -0.3 is 9.84 Å². The van der Waals surface area contributed by atoms with Crippen molar-refractivity contribution in [1.29, 1.82) is 0 Å². The number of esters is 1. The zero-order valence-corrected chi connectivity index (χ0v) is 12.5. The third-order valence-electron chi connectivity index (χ3n) is 3.30. The number of aliphatic hydroxyl groups is 1. The molecule has 0 aromatic heterocycles. The number of aliphatic hydroxyl groups excluding tert-OH is 1. The van der Waals surface area contributed by atoms with E-state index in [2.05, 4.69) is 15.9 Å². The van der Waals surface area contributed by atoms with E-state index < -0.39 is 17.1 Å². The summed E-state index contributed by atoms with van der Waals surface area (Å²) in [5.74, 6) is -0.226. The summed E-state index contributed by atoms with van der Waals surface area (Å²) in [6.45, 7) is 5.60. The van der Waals surface area contributed by atoms with E-state index in [1.807, 2.05) is 20.8 Å². The van der Waals surface area contributed by atoms with Gasteiger partial charge >= 0.3 is 5.97 Å². The van der Waals surface area contributed by atoms with Gasteiger partial charge in [-0.15, -0.1) is 0 Å². The zero-order valence-electron chi connectivity index (χ0n) is 11.0. The molecule has 1 aliphatic carbocycles. The highest BCUT2D eigenvalue weighted by Crippen LogP contribution is 2.44. The topological polar surface area (TPSA) is 46.5 Å². The Labute approximate surface area is 112 Å². The smallest absolute Gasteiger partial charge is 0.315 e. The number of halogens is 1. The summed E-state index contributed by atoms with van der Waals surface area (Å²) in [7, 11) is 0. The first-order valence-corrected chi connectivity index (χ1v) is 7.41. The maximum atomic E-state index is 12.3. The highest BCUT2D eigenvalue weighted by atomic mass is 79.9. The van der Waals surface area contributed by atoms with Crippen molar-refractivity contribution in [3.05, 3.63) is 0 Å². The first kappa shape index (κ1) is 15.0. The van der Waals surface area contributed by atoms with Gasteiger partial charge in [0.2, 0.25) is 0 Å². The summed E-state index contributed by atoms with van der Waals surface area (Å²) >= 11 is 3.38. The maximum absolute atomic E-state index is 12.3. The lowest BCUT2D eigenvalue weighted by atomic mass is 9.79. The molecule has 0 aliphatic heterocycles. The molecule has 0 spiro atoms. The fraction of sp³-hybridized carbons (Fsp3) is 0.923. The number of ether oxygens (including phenoxy) is 1. The van der Waals surface area contributed by atoms with Crippen molar-refractivity contribution < 1.29 is 14.6 Å². The number of alkyl halides is 1. The largest absolute Gasteiger partial charge is 0.459 e. The number of carbonyl (C=O) groups is 1. The molecular weight excluding hydrogens is 284 g/mol. The predicted octanol–water partition coefficient (Wildman–Crippen LogP) is 3.03. The van der Waals surface area contributed by atoms with Gasteiger partial charge in [0.15, 0.2) is 0 Å². The lowest BCUT2D eigenvalue weighted by molar-refractivity contribution is -0.174. The molecule has 0 saturated heterocycles. The number of hydrogen-bond acceptors (Lipinski definition) is 3. The van der Waals surface area contributed by atoms with Crippen molar-refractivity contribution in [2.75, 3.05) is 5.33 Å². The van der Waals surface area contributed by atoms with Gasteiger partial charge in [0.05, 0.1) is 11.5 Å². The Hall–Kier alpha value is -0.0900. The molecular formula is C13H23BrO3. The highest BCUT2D eigenvalue weighted by molar-refractivity contribution is 9.09. The first-order valence-electron chi connectivity index (χ1n) is 6.29.